The second kappa shape index (κ2) is 13.3. The topological polar surface area (TPSA) is 88.3 Å². The third-order valence-electron chi connectivity index (χ3n) is 6.37. The molecule has 0 bridgehead atoms. The normalized spacial score (nSPS) is 15.6. The predicted molar refractivity (Wildman–Crippen MR) is 149 cm³/mol. The van der Waals surface area contributed by atoms with Gasteiger partial charge in [-0.05, 0) is 67.5 Å². The molecule has 0 saturated carbocycles. The number of unbranched alkanes of at least 4 members (excludes halogenated alkanes) is 1. The van der Waals surface area contributed by atoms with E-state index in [2.05, 4.69) is 6.07 Å². The molecule has 0 amide bonds. The Kier molecular flexibility index (Phi) is 9.57. The third kappa shape index (κ3) is 7.24. The Hall–Kier alpha value is -3.61. The molecule has 0 saturated heterocycles. The van der Waals surface area contributed by atoms with Crippen LogP contribution in [0.5, 0.6) is 5.75 Å². The predicted octanol–water partition coefficient (Wildman–Crippen LogP) is 6.31. The van der Waals surface area contributed by atoms with Crippen LogP contribution in [0, 0.1) is 6.92 Å². The number of aliphatic hydroxyl groups is 2. The number of para-hydroxylation sites is 1. The first-order valence-electron chi connectivity index (χ1n) is 12.7. The van der Waals surface area contributed by atoms with Crippen LogP contribution >= 0.6 is 11.6 Å². The van der Waals surface area contributed by atoms with Gasteiger partial charge in [-0.2, -0.15) is 0 Å². The van der Waals surface area contributed by atoms with Gasteiger partial charge in [0.15, 0.2) is 11.9 Å². The molecule has 4 rings (SSSR count). The summed E-state index contributed by atoms with van der Waals surface area (Å²) in [6.45, 7) is 2.34. The van der Waals surface area contributed by atoms with Crippen LogP contribution in [0.2, 0.25) is 5.02 Å². The molecule has 1 heterocycles. The number of hydrogen-bond acceptors (Lipinski definition) is 6. The molecule has 0 spiro atoms. The summed E-state index contributed by atoms with van der Waals surface area (Å²) >= 11 is 6.09. The van der Waals surface area contributed by atoms with E-state index in [1.807, 2.05) is 73.7 Å². The van der Waals surface area contributed by atoms with Crippen LogP contribution in [0.25, 0.3) is 0 Å². The fraction of sp³-hybridized carbons (Fsp3) is 0.290. The summed E-state index contributed by atoms with van der Waals surface area (Å²) in [5.41, 5.74) is 4.80. The minimum atomic E-state index is -1.04. The summed E-state index contributed by atoms with van der Waals surface area (Å²) in [7, 11) is 0. The lowest BCUT2D eigenvalue weighted by Crippen LogP contribution is -2.15. The monoisotopic (exact) mass is 533 g/mol. The number of carbonyl (C=O) groups excluding carboxylic acids is 1. The number of esters is 1. The first-order valence-corrected chi connectivity index (χ1v) is 13.1. The lowest BCUT2D eigenvalue weighted by Gasteiger charge is -2.12. The Morgan fingerprint density at radius 2 is 1.82 bits per heavy atom. The Labute approximate surface area is 228 Å². The molecule has 1 unspecified atom stereocenters. The van der Waals surface area contributed by atoms with Crippen LogP contribution in [-0.4, -0.2) is 34.6 Å². The van der Waals surface area contributed by atoms with E-state index < -0.39 is 18.7 Å². The summed E-state index contributed by atoms with van der Waals surface area (Å²) < 4.78 is 11.2. The number of hydrogen-bond donors (Lipinski definition) is 2. The van der Waals surface area contributed by atoms with E-state index in [-0.39, 0.29) is 11.3 Å². The first-order chi connectivity index (χ1) is 18.4. The van der Waals surface area contributed by atoms with Gasteiger partial charge in [0.25, 0.3) is 0 Å². The summed E-state index contributed by atoms with van der Waals surface area (Å²) in [6.07, 6.45) is 1.80. The van der Waals surface area contributed by atoms with Gasteiger partial charge in [-0.1, -0.05) is 71.8 Å². The molecule has 0 radical (unpaired) electrons. The zero-order chi connectivity index (χ0) is 26.9. The fourth-order valence-electron chi connectivity index (χ4n) is 4.43. The lowest BCUT2D eigenvalue weighted by molar-refractivity contribution is -0.141. The van der Waals surface area contributed by atoms with Gasteiger partial charge in [0.05, 0.1) is 18.9 Å². The molecule has 3 aromatic carbocycles. The number of rotatable bonds is 12. The van der Waals surface area contributed by atoms with Crippen LogP contribution in [0.1, 0.15) is 41.5 Å². The van der Waals surface area contributed by atoms with Gasteiger partial charge >= 0.3 is 5.97 Å². The summed E-state index contributed by atoms with van der Waals surface area (Å²) in [5.74, 6) is -0.0733. The van der Waals surface area contributed by atoms with Gasteiger partial charge in [0.2, 0.25) is 0 Å². The van der Waals surface area contributed by atoms with E-state index in [4.69, 9.17) is 26.1 Å². The van der Waals surface area contributed by atoms with Gasteiger partial charge < -0.3 is 19.7 Å². The first kappa shape index (κ1) is 27.4. The van der Waals surface area contributed by atoms with Crippen molar-refractivity contribution in [1.29, 1.82) is 0 Å². The summed E-state index contributed by atoms with van der Waals surface area (Å²) in [4.78, 5) is 17.2. The van der Waals surface area contributed by atoms with E-state index in [9.17, 15) is 15.0 Å². The number of aryl methyl sites for hydroxylation is 2. The minimum Gasteiger partial charge on any atom is -0.507 e. The third-order valence-corrected chi connectivity index (χ3v) is 6.60. The molecule has 1 aliphatic rings. The number of ether oxygens (including phenoxy) is 2. The highest BCUT2D eigenvalue weighted by Gasteiger charge is 2.36. The van der Waals surface area contributed by atoms with Gasteiger partial charge in [-0.25, -0.2) is 4.79 Å². The standard InChI is InChI=1S/C31H32ClNO5/c1-21-8-6-9-22(16-21)18-33-26(29-30(35)28(19-34)38-31(29)36)14-4-2-11-24-12-3-5-15-27(24)37-20-23-10-7-13-25(32)17-23/h3,5-10,12-13,15-17,28,34-35H,2,4,11,14,18-20H2,1H3. The van der Waals surface area contributed by atoms with E-state index in [1.54, 1.807) is 0 Å². The quantitative estimate of drug-likeness (QED) is 0.162. The molecule has 0 aliphatic carbocycles. The Morgan fingerprint density at radius 3 is 2.58 bits per heavy atom. The van der Waals surface area contributed by atoms with Crippen molar-refractivity contribution in [2.24, 2.45) is 4.99 Å². The van der Waals surface area contributed by atoms with Gasteiger partial charge in [-0.3, -0.25) is 4.99 Å². The average molecular weight is 534 g/mol. The smallest absolute Gasteiger partial charge is 0.344 e. The van der Waals surface area contributed by atoms with Gasteiger partial charge in [-0.15, -0.1) is 0 Å². The molecular weight excluding hydrogens is 502 g/mol. The van der Waals surface area contributed by atoms with E-state index in [1.165, 1.54) is 0 Å². The van der Waals surface area contributed by atoms with Crippen LogP contribution in [0.15, 0.2) is 89.1 Å². The zero-order valence-electron chi connectivity index (χ0n) is 21.4. The van der Waals surface area contributed by atoms with E-state index >= 15 is 0 Å². The largest absolute Gasteiger partial charge is 0.507 e. The van der Waals surface area contributed by atoms with Crippen molar-refractivity contribution < 1.29 is 24.5 Å². The van der Waals surface area contributed by atoms with Crippen molar-refractivity contribution in [3.05, 3.63) is 111 Å². The van der Waals surface area contributed by atoms with Crippen molar-refractivity contribution in [3.63, 3.8) is 0 Å². The molecule has 2 N–H and O–H groups in total. The molecule has 1 atom stereocenters. The number of aliphatic hydroxyl groups excluding tert-OH is 2. The van der Waals surface area contributed by atoms with Crippen molar-refractivity contribution in [2.75, 3.05) is 6.61 Å². The van der Waals surface area contributed by atoms with Crippen molar-refractivity contribution in [1.82, 2.24) is 0 Å². The van der Waals surface area contributed by atoms with E-state index in [0.29, 0.717) is 30.3 Å². The second-order valence-corrected chi connectivity index (χ2v) is 9.76. The number of aliphatic imine (C=N–C) groups is 1. The lowest BCUT2D eigenvalue weighted by atomic mass is 10.00. The van der Waals surface area contributed by atoms with Crippen LogP contribution < -0.4 is 4.74 Å². The maximum atomic E-state index is 12.5. The highest BCUT2D eigenvalue weighted by atomic mass is 35.5. The highest BCUT2D eigenvalue weighted by Crippen LogP contribution is 2.26. The average Bonchev–Trinajstić information content (AvgIpc) is 3.20. The van der Waals surface area contributed by atoms with Gasteiger partial charge in [0, 0.05) is 5.02 Å². The minimum absolute atomic E-state index is 0.0713. The second-order valence-electron chi connectivity index (χ2n) is 9.32. The van der Waals surface area contributed by atoms with Crippen molar-refractivity contribution >= 4 is 23.3 Å². The molecule has 1 aliphatic heterocycles. The molecule has 6 nitrogen and oxygen atoms in total. The number of halogens is 1. The molecular formula is C31H32ClNO5. The maximum Gasteiger partial charge on any atom is 0.344 e. The molecule has 198 valence electrons. The van der Waals surface area contributed by atoms with Crippen molar-refractivity contribution in [3.8, 4) is 5.75 Å². The molecule has 7 heteroatoms. The number of benzene rings is 3. The van der Waals surface area contributed by atoms with Crippen LogP contribution in [0.3, 0.4) is 0 Å². The highest BCUT2D eigenvalue weighted by molar-refractivity contribution is 6.30. The van der Waals surface area contributed by atoms with Crippen molar-refractivity contribution in [2.45, 2.75) is 51.9 Å². The molecule has 0 aromatic heterocycles. The molecule has 38 heavy (non-hydrogen) atoms. The summed E-state index contributed by atoms with van der Waals surface area (Å²) in [6, 6.07) is 23.6. The van der Waals surface area contributed by atoms with Gasteiger partial charge in [0.1, 0.15) is 17.9 Å². The fourth-order valence-corrected chi connectivity index (χ4v) is 4.64. The molecule has 3 aromatic rings. The number of cyclic esters (lactones) is 1. The Morgan fingerprint density at radius 1 is 1.03 bits per heavy atom. The number of nitrogens with zero attached hydrogens (tertiary/aromatic N) is 1. The van der Waals surface area contributed by atoms with E-state index in [0.717, 1.165) is 47.3 Å². The Balaban J connectivity index is 1.42. The summed E-state index contributed by atoms with van der Waals surface area (Å²) in [5, 5.41) is 20.7. The SMILES string of the molecule is Cc1cccc(CN=C(CCCCc2ccccc2OCc2cccc(Cl)c2)C2=C(O)C(CO)OC2=O)c1. The maximum absolute atomic E-state index is 12.5. The molecule has 0 fully saturated rings. The number of carbonyl (C=O) groups is 1. The van der Waals surface area contributed by atoms with Crippen LogP contribution in [-0.2, 0) is 29.1 Å². The van der Waals surface area contributed by atoms with Crippen LogP contribution in [0.4, 0.5) is 0 Å². The zero-order valence-corrected chi connectivity index (χ0v) is 22.2. The Bertz CT molecular complexity index is 1330.